The molecule has 4 amide bonds. The summed E-state index contributed by atoms with van der Waals surface area (Å²) in [7, 11) is 0. The number of nitrogens with two attached hydrogens (primary N) is 1. The standard InChI is InChI=1S/C15H15F3N4O5/c16-8-5-7(1-2-9(8)22-3-4-27-6-10(22)23)20-14(25)11(13(19)24)21-15(26)12(17)18/h1-2,5,11-12H,3-4,6H2,(H2,19,24)(H,20,25)(H,21,26)/t11-/m1/s1. The van der Waals surface area contributed by atoms with Gasteiger partial charge in [-0.3, -0.25) is 19.2 Å². The molecule has 9 nitrogen and oxygen atoms in total. The Morgan fingerprint density at radius 2 is 1.93 bits per heavy atom. The summed E-state index contributed by atoms with van der Waals surface area (Å²) in [5.74, 6) is -5.76. The van der Waals surface area contributed by atoms with Crippen LogP contribution >= 0.6 is 0 Å². The molecule has 1 aromatic rings. The molecule has 2 rings (SSSR count). The minimum absolute atomic E-state index is 0.0428. The Morgan fingerprint density at radius 1 is 1.22 bits per heavy atom. The molecule has 1 aromatic carbocycles. The molecule has 1 fully saturated rings. The number of amides is 4. The normalized spacial score (nSPS) is 15.4. The van der Waals surface area contributed by atoms with E-state index in [1.165, 1.54) is 22.3 Å². The smallest absolute Gasteiger partial charge is 0.315 e. The number of anilines is 2. The number of halogens is 3. The average Bonchev–Trinajstić information content (AvgIpc) is 2.60. The van der Waals surface area contributed by atoms with Crippen LogP contribution in [0.3, 0.4) is 0 Å². The number of rotatable bonds is 6. The highest BCUT2D eigenvalue weighted by atomic mass is 19.3. The summed E-state index contributed by atoms with van der Waals surface area (Å²) >= 11 is 0. The van der Waals surface area contributed by atoms with Gasteiger partial charge in [0.1, 0.15) is 12.4 Å². The number of nitrogens with zero attached hydrogens (tertiary/aromatic N) is 1. The molecule has 27 heavy (non-hydrogen) atoms. The molecule has 1 aliphatic heterocycles. The van der Waals surface area contributed by atoms with Crippen LogP contribution in [0.5, 0.6) is 0 Å². The van der Waals surface area contributed by atoms with Crippen LogP contribution in [0.2, 0.25) is 0 Å². The van der Waals surface area contributed by atoms with Crippen LogP contribution in [0.1, 0.15) is 0 Å². The number of alkyl halides is 2. The van der Waals surface area contributed by atoms with Crippen molar-refractivity contribution in [3.63, 3.8) is 0 Å². The van der Waals surface area contributed by atoms with E-state index >= 15 is 0 Å². The van der Waals surface area contributed by atoms with Crippen LogP contribution in [0, 0.1) is 5.82 Å². The van der Waals surface area contributed by atoms with Crippen molar-refractivity contribution in [3.8, 4) is 0 Å². The first-order chi connectivity index (χ1) is 12.7. The van der Waals surface area contributed by atoms with Gasteiger partial charge in [0, 0.05) is 12.2 Å². The maximum atomic E-state index is 14.3. The molecule has 0 unspecified atom stereocenters. The van der Waals surface area contributed by atoms with Gasteiger partial charge in [0.15, 0.2) is 6.04 Å². The molecule has 1 atom stereocenters. The summed E-state index contributed by atoms with van der Waals surface area (Å²) < 4.78 is 43.8. The first kappa shape index (κ1) is 20.2. The lowest BCUT2D eigenvalue weighted by Crippen LogP contribution is -2.53. The molecule has 4 N–H and O–H groups in total. The molecule has 0 aromatic heterocycles. The summed E-state index contributed by atoms with van der Waals surface area (Å²) in [5.41, 5.74) is 4.73. The van der Waals surface area contributed by atoms with Crippen molar-refractivity contribution in [1.82, 2.24) is 5.32 Å². The third kappa shape index (κ3) is 4.94. The van der Waals surface area contributed by atoms with E-state index in [0.717, 1.165) is 6.07 Å². The zero-order valence-electron chi connectivity index (χ0n) is 13.7. The van der Waals surface area contributed by atoms with E-state index < -0.39 is 41.9 Å². The predicted molar refractivity (Wildman–Crippen MR) is 85.3 cm³/mol. The monoisotopic (exact) mass is 388 g/mol. The van der Waals surface area contributed by atoms with Crippen molar-refractivity contribution in [3.05, 3.63) is 24.0 Å². The number of primary amides is 1. The Labute approximate surface area is 150 Å². The van der Waals surface area contributed by atoms with Crippen LogP contribution in [0.4, 0.5) is 24.5 Å². The van der Waals surface area contributed by atoms with Crippen molar-refractivity contribution >= 4 is 35.0 Å². The van der Waals surface area contributed by atoms with Crippen molar-refractivity contribution in [2.24, 2.45) is 5.73 Å². The molecule has 1 aliphatic rings. The van der Waals surface area contributed by atoms with E-state index in [9.17, 15) is 32.3 Å². The highest BCUT2D eigenvalue weighted by Gasteiger charge is 2.30. The van der Waals surface area contributed by atoms with E-state index in [-0.39, 0.29) is 31.1 Å². The Hall–Kier alpha value is -3.15. The molecule has 0 bridgehead atoms. The van der Waals surface area contributed by atoms with Crippen LogP contribution in [0.15, 0.2) is 18.2 Å². The largest absolute Gasteiger partial charge is 0.370 e. The molecule has 1 saturated heterocycles. The number of carbonyl (C=O) groups is 4. The van der Waals surface area contributed by atoms with Gasteiger partial charge in [0.2, 0.25) is 5.91 Å². The Kier molecular flexibility index (Phi) is 6.34. The van der Waals surface area contributed by atoms with E-state index in [4.69, 9.17) is 10.5 Å². The first-order valence-corrected chi connectivity index (χ1v) is 7.57. The summed E-state index contributed by atoms with van der Waals surface area (Å²) in [6.45, 7) is 0.181. The number of benzene rings is 1. The Balaban J connectivity index is 2.12. The number of ether oxygens (including phenoxy) is 1. The van der Waals surface area contributed by atoms with Crippen molar-refractivity contribution in [2.75, 3.05) is 30.0 Å². The third-order valence-corrected chi connectivity index (χ3v) is 3.52. The second-order valence-corrected chi connectivity index (χ2v) is 5.40. The average molecular weight is 388 g/mol. The fourth-order valence-corrected chi connectivity index (χ4v) is 2.26. The van der Waals surface area contributed by atoms with E-state index in [1.807, 2.05) is 0 Å². The number of carbonyl (C=O) groups excluding carboxylic acids is 4. The zero-order valence-corrected chi connectivity index (χ0v) is 13.7. The van der Waals surface area contributed by atoms with Gasteiger partial charge >= 0.3 is 6.43 Å². The molecule has 12 heteroatoms. The second-order valence-electron chi connectivity index (χ2n) is 5.40. The highest BCUT2D eigenvalue weighted by molar-refractivity contribution is 6.11. The molecule has 146 valence electrons. The first-order valence-electron chi connectivity index (χ1n) is 7.57. The molecule has 0 radical (unpaired) electrons. The summed E-state index contributed by atoms with van der Waals surface area (Å²) in [6, 6.07) is 1.23. The van der Waals surface area contributed by atoms with E-state index in [2.05, 4.69) is 5.32 Å². The topological polar surface area (TPSA) is 131 Å². The quantitative estimate of drug-likeness (QED) is 0.558. The van der Waals surface area contributed by atoms with Gasteiger partial charge in [0.25, 0.3) is 17.7 Å². The summed E-state index contributed by atoms with van der Waals surface area (Å²) in [6.07, 6.45) is -3.46. The van der Waals surface area contributed by atoms with E-state index in [0.29, 0.717) is 0 Å². The van der Waals surface area contributed by atoms with Gasteiger partial charge in [-0.05, 0) is 18.2 Å². The number of hydrogen-bond acceptors (Lipinski definition) is 5. The lowest BCUT2D eigenvalue weighted by Gasteiger charge is -2.27. The molecule has 1 heterocycles. The number of morpholine rings is 1. The fourth-order valence-electron chi connectivity index (χ4n) is 2.26. The Morgan fingerprint density at radius 3 is 2.48 bits per heavy atom. The van der Waals surface area contributed by atoms with Crippen LogP contribution in [-0.2, 0) is 23.9 Å². The van der Waals surface area contributed by atoms with Gasteiger partial charge < -0.3 is 26.0 Å². The molecular weight excluding hydrogens is 373 g/mol. The van der Waals surface area contributed by atoms with Gasteiger partial charge in [-0.15, -0.1) is 0 Å². The van der Waals surface area contributed by atoms with Crippen LogP contribution in [0.25, 0.3) is 0 Å². The van der Waals surface area contributed by atoms with Gasteiger partial charge in [-0.2, -0.15) is 8.78 Å². The maximum Gasteiger partial charge on any atom is 0.315 e. The highest BCUT2D eigenvalue weighted by Crippen LogP contribution is 2.24. The number of nitrogens with one attached hydrogen (secondary N) is 2. The lowest BCUT2D eigenvalue weighted by atomic mass is 10.2. The molecular formula is C15H15F3N4O5. The predicted octanol–water partition coefficient (Wildman–Crippen LogP) is -0.637. The van der Waals surface area contributed by atoms with Crippen molar-refractivity contribution in [1.29, 1.82) is 0 Å². The molecule has 0 spiro atoms. The Bertz CT molecular complexity index is 774. The molecule has 0 saturated carbocycles. The molecule has 0 aliphatic carbocycles. The fraction of sp³-hybridized carbons (Fsp3) is 0.333. The minimum atomic E-state index is -3.46. The summed E-state index contributed by atoms with van der Waals surface area (Å²) in [5, 5.41) is 3.57. The van der Waals surface area contributed by atoms with Gasteiger partial charge in [-0.25, -0.2) is 4.39 Å². The van der Waals surface area contributed by atoms with Crippen LogP contribution < -0.4 is 21.3 Å². The third-order valence-electron chi connectivity index (χ3n) is 3.52. The lowest BCUT2D eigenvalue weighted by molar-refractivity contribution is -0.138. The zero-order chi connectivity index (χ0) is 20.1. The van der Waals surface area contributed by atoms with Gasteiger partial charge in [0.05, 0.1) is 12.3 Å². The summed E-state index contributed by atoms with van der Waals surface area (Å²) in [4.78, 5) is 47.1. The second kappa shape index (κ2) is 8.49. The van der Waals surface area contributed by atoms with Crippen molar-refractivity contribution < 1.29 is 37.1 Å². The van der Waals surface area contributed by atoms with E-state index in [1.54, 1.807) is 0 Å². The minimum Gasteiger partial charge on any atom is -0.370 e. The SMILES string of the molecule is NC(=O)[C@@H](NC(=O)C(F)F)C(=O)Nc1ccc(N2CCOCC2=O)c(F)c1. The number of hydrogen-bond donors (Lipinski definition) is 3. The maximum absolute atomic E-state index is 14.3. The van der Waals surface area contributed by atoms with Crippen molar-refractivity contribution in [2.45, 2.75) is 12.5 Å². The van der Waals surface area contributed by atoms with Gasteiger partial charge in [-0.1, -0.05) is 0 Å². The van der Waals surface area contributed by atoms with Crippen LogP contribution in [-0.4, -0.2) is 55.9 Å².